The fourth-order valence-electron chi connectivity index (χ4n) is 3.57. The first-order chi connectivity index (χ1) is 8.64. The van der Waals surface area contributed by atoms with Gasteiger partial charge in [-0.25, -0.2) is 0 Å². The van der Waals surface area contributed by atoms with Gasteiger partial charge in [-0.05, 0) is 30.6 Å². The molecular formula is C18H38. The van der Waals surface area contributed by atoms with E-state index in [0.29, 0.717) is 5.41 Å². The van der Waals surface area contributed by atoms with Crippen molar-refractivity contribution in [1.29, 1.82) is 0 Å². The fourth-order valence-corrected chi connectivity index (χ4v) is 3.57. The van der Waals surface area contributed by atoms with Crippen LogP contribution in [0.5, 0.6) is 0 Å². The average molecular weight is 255 g/mol. The fraction of sp³-hybridized carbons (Fsp3) is 1.00. The maximum atomic E-state index is 2.58. The lowest BCUT2D eigenvalue weighted by atomic mass is 9.67. The average Bonchev–Trinajstić information content (AvgIpc) is 2.35. The smallest absolute Gasteiger partial charge is 0.0298 e. The van der Waals surface area contributed by atoms with E-state index < -0.39 is 0 Å². The highest BCUT2D eigenvalue weighted by molar-refractivity contribution is 4.81. The molecular weight excluding hydrogens is 216 g/mol. The minimum atomic E-state index is 0.617. The largest absolute Gasteiger partial charge is 0.0654 e. The zero-order chi connectivity index (χ0) is 13.9. The Morgan fingerprint density at radius 1 is 0.722 bits per heavy atom. The summed E-state index contributed by atoms with van der Waals surface area (Å²) in [6.45, 7) is 12.0. The summed E-state index contributed by atoms with van der Waals surface area (Å²) >= 11 is 0. The van der Waals surface area contributed by atoms with Crippen molar-refractivity contribution in [3.8, 4) is 0 Å². The number of hydrogen-bond acceptors (Lipinski definition) is 0. The second kappa shape index (κ2) is 10.9. The van der Waals surface area contributed by atoms with E-state index in [9.17, 15) is 0 Å². The molecule has 0 aliphatic heterocycles. The van der Waals surface area contributed by atoms with Crippen molar-refractivity contribution in [1.82, 2.24) is 0 Å². The van der Waals surface area contributed by atoms with Crippen LogP contribution in [0.4, 0.5) is 0 Å². The SMILES string of the molecule is CCCCCC(CC)C(C)(CCC)CCCCC. The van der Waals surface area contributed by atoms with Gasteiger partial charge >= 0.3 is 0 Å². The van der Waals surface area contributed by atoms with Crippen molar-refractivity contribution in [3.05, 3.63) is 0 Å². The van der Waals surface area contributed by atoms with E-state index in [-0.39, 0.29) is 0 Å². The first-order valence-corrected chi connectivity index (χ1v) is 8.64. The lowest BCUT2D eigenvalue weighted by molar-refractivity contribution is 0.129. The molecule has 0 nitrogen and oxygen atoms in total. The van der Waals surface area contributed by atoms with Gasteiger partial charge in [0, 0.05) is 0 Å². The number of unbranched alkanes of at least 4 members (excludes halogenated alkanes) is 4. The van der Waals surface area contributed by atoms with Crippen molar-refractivity contribution in [2.45, 2.75) is 105 Å². The predicted molar refractivity (Wildman–Crippen MR) is 85.1 cm³/mol. The summed E-state index contributed by atoms with van der Waals surface area (Å²) in [5.74, 6) is 0.959. The molecule has 0 saturated heterocycles. The van der Waals surface area contributed by atoms with Gasteiger partial charge in [0.25, 0.3) is 0 Å². The van der Waals surface area contributed by atoms with Crippen LogP contribution in [0.1, 0.15) is 105 Å². The Balaban J connectivity index is 4.37. The van der Waals surface area contributed by atoms with Gasteiger partial charge in [0.15, 0.2) is 0 Å². The van der Waals surface area contributed by atoms with E-state index in [0.717, 1.165) is 5.92 Å². The second-order valence-corrected chi connectivity index (χ2v) is 6.46. The molecule has 0 aromatic heterocycles. The van der Waals surface area contributed by atoms with Gasteiger partial charge < -0.3 is 0 Å². The molecule has 0 aromatic rings. The van der Waals surface area contributed by atoms with E-state index in [1.807, 2.05) is 0 Å². The van der Waals surface area contributed by atoms with E-state index in [1.165, 1.54) is 70.6 Å². The van der Waals surface area contributed by atoms with Crippen LogP contribution in [0.25, 0.3) is 0 Å². The maximum Gasteiger partial charge on any atom is -0.0298 e. The maximum absolute atomic E-state index is 2.58. The third-order valence-corrected chi connectivity index (χ3v) is 4.81. The topological polar surface area (TPSA) is 0 Å². The summed E-state index contributed by atoms with van der Waals surface area (Å²) in [7, 11) is 0. The summed E-state index contributed by atoms with van der Waals surface area (Å²) in [6, 6.07) is 0. The minimum absolute atomic E-state index is 0.617. The lowest BCUT2D eigenvalue weighted by Crippen LogP contribution is -2.27. The van der Waals surface area contributed by atoms with Crippen molar-refractivity contribution in [2.24, 2.45) is 11.3 Å². The van der Waals surface area contributed by atoms with Gasteiger partial charge in [0.05, 0.1) is 0 Å². The van der Waals surface area contributed by atoms with Crippen LogP contribution in [0.15, 0.2) is 0 Å². The highest BCUT2D eigenvalue weighted by atomic mass is 14.4. The summed E-state index contributed by atoms with van der Waals surface area (Å²) in [5.41, 5.74) is 0.617. The van der Waals surface area contributed by atoms with Gasteiger partial charge in [-0.15, -0.1) is 0 Å². The molecule has 110 valence electrons. The molecule has 0 bridgehead atoms. The van der Waals surface area contributed by atoms with Crippen molar-refractivity contribution >= 4 is 0 Å². The summed E-state index contributed by atoms with van der Waals surface area (Å²) in [5, 5.41) is 0. The quantitative estimate of drug-likeness (QED) is 0.329. The highest BCUT2D eigenvalue weighted by Crippen LogP contribution is 2.42. The van der Waals surface area contributed by atoms with Gasteiger partial charge in [-0.3, -0.25) is 0 Å². The zero-order valence-corrected chi connectivity index (χ0v) is 13.9. The van der Waals surface area contributed by atoms with Crippen LogP contribution in [0.2, 0.25) is 0 Å². The standard InChI is InChI=1S/C18H38/c1-6-10-12-14-17(9-4)18(5,15-8-3)16-13-11-7-2/h17H,6-16H2,1-5H3. The normalized spacial score (nSPS) is 16.5. The van der Waals surface area contributed by atoms with Gasteiger partial charge in [-0.2, -0.15) is 0 Å². The first-order valence-electron chi connectivity index (χ1n) is 8.64. The molecule has 0 aromatic carbocycles. The Hall–Kier alpha value is 0. The van der Waals surface area contributed by atoms with Crippen LogP contribution in [-0.2, 0) is 0 Å². The first kappa shape index (κ1) is 18.0. The highest BCUT2D eigenvalue weighted by Gasteiger charge is 2.30. The van der Waals surface area contributed by atoms with Crippen LogP contribution in [0.3, 0.4) is 0 Å². The molecule has 2 atom stereocenters. The van der Waals surface area contributed by atoms with Crippen LogP contribution < -0.4 is 0 Å². The summed E-state index contributed by atoms with van der Waals surface area (Å²) in [6.07, 6.45) is 15.5. The second-order valence-electron chi connectivity index (χ2n) is 6.46. The number of rotatable bonds is 12. The molecule has 0 spiro atoms. The molecule has 18 heavy (non-hydrogen) atoms. The van der Waals surface area contributed by atoms with E-state index in [4.69, 9.17) is 0 Å². The number of hydrogen-bond donors (Lipinski definition) is 0. The monoisotopic (exact) mass is 254 g/mol. The molecule has 0 aliphatic carbocycles. The molecule has 0 amide bonds. The third kappa shape index (κ3) is 6.81. The van der Waals surface area contributed by atoms with Crippen molar-refractivity contribution in [2.75, 3.05) is 0 Å². The molecule has 0 aliphatic rings. The van der Waals surface area contributed by atoms with Crippen molar-refractivity contribution in [3.63, 3.8) is 0 Å². The van der Waals surface area contributed by atoms with Crippen molar-refractivity contribution < 1.29 is 0 Å². The third-order valence-electron chi connectivity index (χ3n) is 4.81. The van der Waals surface area contributed by atoms with Gasteiger partial charge in [0.1, 0.15) is 0 Å². The zero-order valence-electron chi connectivity index (χ0n) is 13.9. The Kier molecular flexibility index (Phi) is 10.9. The summed E-state index contributed by atoms with van der Waals surface area (Å²) < 4.78 is 0. The van der Waals surface area contributed by atoms with Crippen LogP contribution in [-0.4, -0.2) is 0 Å². The van der Waals surface area contributed by atoms with E-state index in [1.54, 1.807) is 0 Å². The molecule has 0 fully saturated rings. The Morgan fingerprint density at radius 2 is 1.33 bits per heavy atom. The van der Waals surface area contributed by atoms with E-state index in [2.05, 4.69) is 34.6 Å². The molecule has 0 N–H and O–H groups in total. The van der Waals surface area contributed by atoms with Crippen LogP contribution in [0, 0.1) is 11.3 Å². The van der Waals surface area contributed by atoms with Gasteiger partial charge in [0.2, 0.25) is 0 Å². The molecule has 0 heteroatoms. The molecule has 0 rings (SSSR count). The predicted octanol–water partition coefficient (Wildman–Crippen LogP) is 6.98. The Labute approximate surface area is 117 Å². The minimum Gasteiger partial charge on any atom is -0.0654 e. The molecule has 0 saturated carbocycles. The van der Waals surface area contributed by atoms with Crippen LogP contribution >= 0.6 is 0 Å². The summed E-state index contributed by atoms with van der Waals surface area (Å²) in [4.78, 5) is 0. The van der Waals surface area contributed by atoms with Gasteiger partial charge in [-0.1, -0.05) is 86.0 Å². The van der Waals surface area contributed by atoms with E-state index >= 15 is 0 Å². The lowest BCUT2D eigenvalue weighted by Gasteiger charge is -2.38. The molecule has 0 radical (unpaired) electrons. The Morgan fingerprint density at radius 3 is 1.83 bits per heavy atom. The molecule has 2 unspecified atom stereocenters. The molecule has 0 heterocycles. The Bertz CT molecular complexity index is 173.